The predicted molar refractivity (Wildman–Crippen MR) is 71.1 cm³/mol. The SMILES string of the molecule is CCOC(=O)c1ccc(S(N)(=O)=O)cc1OCCOC. The number of benzene rings is 1. The molecule has 0 unspecified atom stereocenters. The fraction of sp³-hybridized carbons (Fsp3) is 0.417. The molecule has 0 radical (unpaired) electrons. The highest BCUT2D eigenvalue weighted by atomic mass is 32.2. The van der Waals surface area contributed by atoms with Gasteiger partial charge in [0.15, 0.2) is 0 Å². The molecule has 0 bridgehead atoms. The van der Waals surface area contributed by atoms with Crippen LogP contribution in [0.3, 0.4) is 0 Å². The minimum atomic E-state index is -3.87. The minimum absolute atomic E-state index is 0.0898. The number of hydrogen-bond acceptors (Lipinski definition) is 6. The van der Waals surface area contributed by atoms with E-state index >= 15 is 0 Å². The third-order valence-corrected chi connectivity index (χ3v) is 3.23. The second-order valence-electron chi connectivity index (χ2n) is 3.76. The van der Waals surface area contributed by atoms with Gasteiger partial charge in [-0.1, -0.05) is 0 Å². The molecular formula is C12H17NO6S. The van der Waals surface area contributed by atoms with Crippen molar-refractivity contribution in [2.45, 2.75) is 11.8 Å². The van der Waals surface area contributed by atoms with E-state index in [1.807, 2.05) is 0 Å². The Morgan fingerprint density at radius 2 is 2.00 bits per heavy atom. The van der Waals surface area contributed by atoms with Crippen molar-refractivity contribution in [3.05, 3.63) is 23.8 Å². The Kier molecular flexibility index (Phi) is 5.93. The third-order valence-electron chi connectivity index (χ3n) is 2.32. The smallest absolute Gasteiger partial charge is 0.341 e. The van der Waals surface area contributed by atoms with Gasteiger partial charge in [0.25, 0.3) is 0 Å². The second-order valence-corrected chi connectivity index (χ2v) is 5.33. The largest absolute Gasteiger partial charge is 0.490 e. The van der Waals surface area contributed by atoms with Crippen LogP contribution in [0.25, 0.3) is 0 Å². The predicted octanol–water partition coefficient (Wildman–Crippen LogP) is 0.536. The van der Waals surface area contributed by atoms with E-state index in [4.69, 9.17) is 19.3 Å². The third kappa shape index (κ3) is 4.48. The number of carbonyl (C=O) groups is 1. The van der Waals surface area contributed by atoms with Crippen LogP contribution in [0, 0.1) is 0 Å². The molecule has 0 amide bonds. The average molecular weight is 303 g/mol. The summed E-state index contributed by atoms with van der Waals surface area (Å²) in [6, 6.07) is 3.72. The number of methoxy groups -OCH3 is 1. The van der Waals surface area contributed by atoms with Crippen LogP contribution in [0.2, 0.25) is 0 Å². The first-order valence-corrected chi connectivity index (χ1v) is 7.40. The van der Waals surface area contributed by atoms with Crippen molar-refractivity contribution >= 4 is 16.0 Å². The zero-order valence-corrected chi connectivity index (χ0v) is 12.1. The van der Waals surface area contributed by atoms with Crippen LogP contribution in [0.4, 0.5) is 0 Å². The number of carbonyl (C=O) groups excluding carboxylic acids is 1. The minimum Gasteiger partial charge on any atom is -0.490 e. The maximum Gasteiger partial charge on any atom is 0.341 e. The Morgan fingerprint density at radius 3 is 2.55 bits per heavy atom. The molecule has 0 saturated heterocycles. The van der Waals surface area contributed by atoms with Crippen LogP contribution < -0.4 is 9.88 Å². The van der Waals surface area contributed by atoms with Crippen molar-refractivity contribution in [3.63, 3.8) is 0 Å². The summed E-state index contributed by atoms with van der Waals surface area (Å²) in [7, 11) is -2.38. The summed E-state index contributed by atoms with van der Waals surface area (Å²) in [5.74, 6) is -0.507. The maximum absolute atomic E-state index is 11.7. The first kappa shape index (κ1) is 16.4. The molecule has 0 spiro atoms. The lowest BCUT2D eigenvalue weighted by molar-refractivity contribution is 0.0519. The van der Waals surface area contributed by atoms with E-state index in [0.29, 0.717) is 6.61 Å². The molecule has 8 heteroatoms. The Morgan fingerprint density at radius 1 is 1.30 bits per heavy atom. The van der Waals surface area contributed by atoms with Crippen LogP contribution in [-0.4, -0.2) is 41.3 Å². The van der Waals surface area contributed by atoms with E-state index in [0.717, 1.165) is 0 Å². The number of hydrogen-bond donors (Lipinski definition) is 1. The van der Waals surface area contributed by atoms with Crippen LogP contribution >= 0.6 is 0 Å². The molecule has 7 nitrogen and oxygen atoms in total. The van der Waals surface area contributed by atoms with Crippen molar-refractivity contribution < 1.29 is 27.4 Å². The van der Waals surface area contributed by atoms with Crippen LogP contribution in [0.5, 0.6) is 5.75 Å². The zero-order valence-electron chi connectivity index (χ0n) is 11.3. The number of ether oxygens (including phenoxy) is 3. The molecule has 0 heterocycles. The molecule has 1 aromatic carbocycles. The summed E-state index contributed by atoms with van der Waals surface area (Å²) < 4.78 is 37.6. The summed E-state index contributed by atoms with van der Waals surface area (Å²) in [5.41, 5.74) is 0.135. The van der Waals surface area contributed by atoms with Gasteiger partial charge in [-0.25, -0.2) is 18.4 Å². The molecule has 0 aliphatic rings. The quantitative estimate of drug-likeness (QED) is 0.582. The van der Waals surface area contributed by atoms with Crippen LogP contribution in [-0.2, 0) is 19.5 Å². The molecule has 0 atom stereocenters. The fourth-order valence-corrected chi connectivity index (χ4v) is 1.94. The van der Waals surface area contributed by atoms with Gasteiger partial charge in [-0.15, -0.1) is 0 Å². The lowest BCUT2D eigenvalue weighted by Gasteiger charge is -2.11. The van der Waals surface area contributed by atoms with E-state index < -0.39 is 16.0 Å². The first-order valence-electron chi connectivity index (χ1n) is 5.85. The standard InChI is InChI=1S/C12H17NO6S/c1-3-18-12(14)10-5-4-9(20(13,15)16)8-11(10)19-7-6-17-2/h4-5,8H,3,6-7H2,1-2H3,(H2,13,15,16). The highest BCUT2D eigenvalue weighted by molar-refractivity contribution is 7.89. The lowest BCUT2D eigenvalue weighted by atomic mass is 10.2. The van der Waals surface area contributed by atoms with Crippen molar-refractivity contribution in [1.29, 1.82) is 0 Å². The molecule has 0 aliphatic carbocycles. The highest BCUT2D eigenvalue weighted by Crippen LogP contribution is 2.23. The van der Waals surface area contributed by atoms with Crippen molar-refractivity contribution in [3.8, 4) is 5.75 Å². The molecule has 0 saturated carbocycles. The molecule has 2 N–H and O–H groups in total. The highest BCUT2D eigenvalue weighted by Gasteiger charge is 2.18. The van der Waals surface area contributed by atoms with Crippen LogP contribution in [0.15, 0.2) is 23.1 Å². The van der Waals surface area contributed by atoms with Gasteiger partial charge in [0, 0.05) is 13.2 Å². The fourth-order valence-electron chi connectivity index (χ4n) is 1.41. The van der Waals surface area contributed by atoms with E-state index in [9.17, 15) is 13.2 Å². The van der Waals surface area contributed by atoms with Gasteiger partial charge >= 0.3 is 5.97 Å². The molecule has 1 aromatic rings. The molecule has 0 aliphatic heterocycles. The van der Waals surface area contributed by atoms with Crippen molar-refractivity contribution in [2.24, 2.45) is 5.14 Å². The summed E-state index contributed by atoms with van der Waals surface area (Å²) in [6.45, 7) is 2.33. The molecular weight excluding hydrogens is 286 g/mol. The number of rotatable bonds is 7. The van der Waals surface area contributed by atoms with E-state index in [1.165, 1.54) is 25.3 Å². The normalized spacial score (nSPS) is 11.2. The van der Waals surface area contributed by atoms with Gasteiger partial charge in [-0.3, -0.25) is 0 Å². The monoisotopic (exact) mass is 303 g/mol. The van der Waals surface area contributed by atoms with E-state index in [-0.39, 0.29) is 29.4 Å². The summed E-state index contributed by atoms with van der Waals surface area (Å²) in [5, 5.41) is 5.04. The van der Waals surface area contributed by atoms with E-state index in [1.54, 1.807) is 6.92 Å². The summed E-state index contributed by atoms with van der Waals surface area (Å²) >= 11 is 0. The molecule has 0 aromatic heterocycles. The number of primary sulfonamides is 1. The van der Waals surface area contributed by atoms with E-state index in [2.05, 4.69) is 0 Å². The Labute approximate surface area is 117 Å². The molecule has 0 fully saturated rings. The zero-order chi connectivity index (χ0) is 15.2. The average Bonchev–Trinajstić information content (AvgIpc) is 2.38. The number of sulfonamides is 1. The Balaban J connectivity index is 3.12. The van der Waals surface area contributed by atoms with Crippen LogP contribution in [0.1, 0.15) is 17.3 Å². The van der Waals surface area contributed by atoms with Gasteiger partial charge in [0.1, 0.15) is 17.9 Å². The second kappa shape index (κ2) is 7.22. The van der Waals surface area contributed by atoms with Crippen molar-refractivity contribution in [1.82, 2.24) is 0 Å². The van der Waals surface area contributed by atoms with Crippen molar-refractivity contribution in [2.75, 3.05) is 26.9 Å². The number of esters is 1. The topological polar surface area (TPSA) is 105 Å². The maximum atomic E-state index is 11.7. The number of nitrogens with two attached hydrogens (primary N) is 1. The lowest BCUT2D eigenvalue weighted by Crippen LogP contribution is -2.15. The Hall–Kier alpha value is -1.64. The van der Waals surface area contributed by atoms with Gasteiger partial charge < -0.3 is 14.2 Å². The Bertz CT molecular complexity index is 569. The van der Waals surface area contributed by atoms with Gasteiger partial charge in [-0.05, 0) is 19.1 Å². The molecule has 1 rings (SSSR count). The summed E-state index contributed by atoms with van der Waals surface area (Å²) in [6.07, 6.45) is 0. The molecule has 20 heavy (non-hydrogen) atoms. The molecule has 112 valence electrons. The van der Waals surface area contributed by atoms with Gasteiger partial charge in [0.2, 0.25) is 10.0 Å². The summed E-state index contributed by atoms with van der Waals surface area (Å²) in [4.78, 5) is 11.6. The van der Waals surface area contributed by atoms with Gasteiger partial charge in [0.05, 0.1) is 18.1 Å². The van der Waals surface area contributed by atoms with Gasteiger partial charge in [-0.2, -0.15) is 0 Å². The first-order chi connectivity index (χ1) is 9.40.